The van der Waals surface area contributed by atoms with Crippen molar-refractivity contribution < 1.29 is 56.1 Å². The van der Waals surface area contributed by atoms with Gasteiger partial charge in [0, 0.05) is 13.0 Å². The maximum atomic E-state index is 13.7. The topological polar surface area (TPSA) is 172 Å². The van der Waals surface area contributed by atoms with E-state index >= 15 is 0 Å². The molecule has 59 heavy (non-hydrogen) atoms. The number of benzene rings is 3. The average Bonchev–Trinajstić information content (AvgIpc) is 3.62. The van der Waals surface area contributed by atoms with Crippen LogP contribution < -0.4 is 10.1 Å². The Balaban J connectivity index is 0.895. The molecule has 1 N–H and O–H groups in total. The van der Waals surface area contributed by atoms with Crippen molar-refractivity contribution in [1.82, 2.24) is 15.1 Å². The molecule has 0 bridgehead atoms. The number of nitrogens with zero attached hydrogens (tertiary/aromatic N) is 3. The van der Waals surface area contributed by atoms with Gasteiger partial charge in [-0.2, -0.15) is 18.4 Å². The van der Waals surface area contributed by atoms with Crippen molar-refractivity contribution in [2.75, 3.05) is 33.0 Å². The molecule has 6 amide bonds. The van der Waals surface area contributed by atoms with Crippen LogP contribution in [0.1, 0.15) is 87.6 Å². The first-order valence-corrected chi connectivity index (χ1v) is 19.8. The molecule has 308 valence electrons. The quantitative estimate of drug-likeness (QED) is 0.0860. The number of nitriles is 1. The standard InChI is InChI=1S/C42H39F3N4O9S/c1-2-27-21-25(10-13-32(27)58-33-14-11-26(24-46)22-30(33)42(43,44)45)23-34-39(53)48(41(55)59-34)16-18-57-20-19-56-17-5-3-4-7-28-8-6-9-29-36(28)40(54)49(38(29)52)31-12-15-35(50)47-37(31)51/h6,8-11,13-14,21-23,31H,2-5,7,12,15-20H2,1H3,(H,47,50,51)/b34-23-. The summed E-state index contributed by atoms with van der Waals surface area (Å²) >= 11 is 0.774. The highest BCUT2D eigenvalue weighted by Crippen LogP contribution is 2.40. The number of rotatable bonds is 17. The largest absolute Gasteiger partial charge is 0.456 e. The van der Waals surface area contributed by atoms with Gasteiger partial charge in [0.25, 0.3) is 23.0 Å². The van der Waals surface area contributed by atoms with Crippen molar-refractivity contribution in [2.45, 2.75) is 64.1 Å². The van der Waals surface area contributed by atoms with Gasteiger partial charge in [-0.3, -0.25) is 43.9 Å². The molecule has 3 aromatic carbocycles. The molecule has 2 fully saturated rings. The number of hydrogen-bond acceptors (Lipinski definition) is 11. The van der Waals surface area contributed by atoms with Gasteiger partial charge in [-0.1, -0.05) is 31.5 Å². The van der Waals surface area contributed by atoms with E-state index in [1.54, 1.807) is 43.3 Å². The molecule has 3 heterocycles. The summed E-state index contributed by atoms with van der Waals surface area (Å²) in [7, 11) is 0. The second kappa shape index (κ2) is 18.8. The number of ether oxygens (including phenoxy) is 3. The predicted molar refractivity (Wildman–Crippen MR) is 207 cm³/mol. The summed E-state index contributed by atoms with van der Waals surface area (Å²) < 4.78 is 57.9. The van der Waals surface area contributed by atoms with Crippen LogP contribution >= 0.6 is 11.8 Å². The van der Waals surface area contributed by atoms with Gasteiger partial charge >= 0.3 is 6.18 Å². The SMILES string of the molecule is CCc1cc(/C=C2\SC(=O)N(CCOCCOCCCCCc3cccc4c3C(=O)N(C3CCC(=O)NC3=O)C4=O)C2=O)ccc1Oc1ccc(C#N)cc1C(F)(F)F. The van der Waals surface area contributed by atoms with Crippen molar-refractivity contribution >= 4 is 52.6 Å². The van der Waals surface area contributed by atoms with E-state index in [9.17, 15) is 41.9 Å². The second-order valence-electron chi connectivity index (χ2n) is 13.8. The minimum Gasteiger partial charge on any atom is -0.456 e. The number of fused-ring (bicyclic) bond motifs is 1. The van der Waals surface area contributed by atoms with Gasteiger partial charge in [-0.25, -0.2) is 0 Å². The zero-order valence-electron chi connectivity index (χ0n) is 31.9. The summed E-state index contributed by atoms with van der Waals surface area (Å²) in [5.41, 5.74) is 1.18. The Morgan fingerprint density at radius 3 is 2.37 bits per heavy atom. The number of alkyl halides is 3. The Bertz CT molecular complexity index is 2250. The normalized spacial score (nSPS) is 17.5. The monoisotopic (exact) mass is 832 g/mol. The number of piperidine rings is 1. The molecular formula is C42H39F3N4O9S. The summed E-state index contributed by atoms with van der Waals surface area (Å²) in [4.78, 5) is 78.2. The minimum absolute atomic E-state index is 0.0314. The summed E-state index contributed by atoms with van der Waals surface area (Å²) in [6.07, 6.45) is 0.145. The molecule has 0 aliphatic carbocycles. The highest BCUT2D eigenvalue weighted by molar-refractivity contribution is 8.18. The molecule has 6 rings (SSSR count). The fourth-order valence-electron chi connectivity index (χ4n) is 6.91. The Kier molecular flexibility index (Phi) is 13.7. The number of unbranched alkanes of at least 4 members (excludes halogenated alkanes) is 2. The van der Waals surface area contributed by atoms with Gasteiger partial charge in [-0.15, -0.1) is 0 Å². The molecule has 3 aliphatic rings. The third kappa shape index (κ3) is 9.90. The summed E-state index contributed by atoms with van der Waals surface area (Å²) in [5, 5.41) is 10.8. The van der Waals surface area contributed by atoms with Crippen molar-refractivity contribution in [1.29, 1.82) is 5.26 Å². The number of halogens is 3. The lowest BCUT2D eigenvalue weighted by Crippen LogP contribution is -2.54. The van der Waals surface area contributed by atoms with Crippen LogP contribution in [0, 0.1) is 11.3 Å². The Morgan fingerprint density at radius 1 is 0.881 bits per heavy atom. The van der Waals surface area contributed by atoms with E-state index in [4.69, 9.17) is 19.5 Å². The molecule has 0 spiro atoms. The number of hydrogen-bond donors (Lipinski definition) is 1. The Morgan fingerprint density at radius 2 is 1.64 bits per heavy atom. The smallest absolute Gasteiger partial charge is 0.420 e. The zero-order valence-corrected chi connectivity index (χ0v) is 32.7. The number of imide groups is 3. The van der Waals surface area contributed by atoms with Crippen LogP contribution in [0.5, 0.6) is 11.5 Å². The van der Waals surface area contributed by atoms with Crippen molar-refractivity contribution in [3.05, 3.63) is 98.4 Å². The van der Waals surface area contributed by atoms with Crippen LogP contribution in [-0.2, 0) is 42.9 Å². The molecule has 0 radical (unpaired) electrons. The van der Waals surface area contributed by atoms with Gasteiger partial charge in [-0.05, 0) is 103 Å². The maximum Gasteiger partial charge on any atom is 0.420 e. The zero-order chi connectivity index (χ0) is 42.3. The molecule has 3 aromatic rings. The first kappa shape index (κ1) is 42.8. The first-order chi connectivity index (χ1) is 28.3. The van der Waals surface area contributed by atoms with E-state index in [0.717, 1.165) is 58.5 Å². The van der Waals surface area contributed by atoms with Crippen LogP contribution in [0.2, 0.25) is 0 Å². The third-order valence-corrected chi connectivity index (χ3v) is 10.8. The van der Waals surface area contributed by atoms with E-state index in [1.165, 1.54) is 18.2 Å². The van der Waals surface area contributed by atoms with Crippen LogP contribution in [0.25, 0.3) is 6.08 Å². The van der Waals surface area contributed by atoms with Gasteiger partial charge in [0.05, 0.1) is 59.6 Å². The summed E-state index contributed by atoms with van der Waals surface area (Å²) in [5.74, 6) is -2.89. The van der Waals surface area contributed by atoms with Gasteiger partial charge < -0.3 is 14.2 Å². The second-order valence-corrected chi connectivity index (χ2v) is 14.8. The molecular weight excluding hydrogens is 794 g/mol. The predicted octanol–water partition coefficient (Wildman–Crippen LogP) is 6.82. The molecule has 2 saturated heterocycles. The number of carbonyl (C=O) groups excluding carboxylic acids is 6. The van der Waals surface area contributed by atoms with E-state index in [1.807, 2.05) is 0 Å². The third-order valence-electron chi connectivity index (χ3n) is 9.89. The minimum atomic E-state index is -4.74. The molecule has 17 heteroatoms. The fraction of sp³-hybridized carbons (Fsp3) is 0.357. The number of aryl methyl sites for hydroxylation is 2. The van der Waals surface area contributed by atoms with E-state index in [-0.39, 0.29) is 54.4 Å². The van der Waals surface area contributed by atoms with Crippen LogP contribution in [0.3, 0.4) is 0 Å². The summed E-state index contributed by atoms with van der Waals surface area (Å²) in [6.45, 7) is 2.92. The van der Waals surface area contributed by atoms with Crippen molar-refractivity contribution in [3.63, 3.8) is 0 Å². The lowest BCUT2D eigenvalue weighted by atomic mass is 9.98. The van der Waals surface area contributed by atoms with Crippen LogP contribution in [0.4, 0.5) is 18.0 Å². The number of carbonyl (C=O) groups is 6. The maximum absolute atomic E-state index is 13.7. The van der Waals surface area contributed by atoms with E-state index in [2.05, 4.69) is 5.32 Å². The van der Waals surface area contributed by atoms with Crippen molar-refractivity contribution in [2.24, 2.45) is 0 Å². The van der Waals surface area contributed by atoms with Gasteiger partial charge in [0.2, 0.25) is 11.8 Å². The Labute approximate surface area is 341 Å². The average molecular weight is 833 g/mol. The first-order valence-electron chi connectivity index (χ1n) is 19.0. The Hall–Kier alpha value is -5.83. The fourth-order valence-corrected chi connectivity index (χ4v) is 7.77. The molecule has 1 unspecified atom stereocenters. The van der Waals surface area contributed by atoms with E-state index < -0.39 is 58.3 Å². The number of amides is 6. The highest BCUT2D eigenvalue weighted by Gasteiger charge is 2.45. The highest BCUT2D eigenvalue weighted by atomic mass is 32.2. The summed E-state index contributed by atoms with van der Waals surface area (Å²) in [6, 6.07) is 13.6. The molecule has 13 nitrogen and oxygen atoms in total. The van der Waals surface area contributed by atoms with Gasteiger partial charge in [0.15, 0.2) is 0 Å². The molecule has 0 aromatic heterocycles. The lowest BCUT2D eigenvalue weighted by Gasteiger charge is -2.27. The molecule has 1 atom stereocenters. The molecule has 3 aliphatic heterocycles. The number of thioether (sulfide) groups is 1. The lowest BCUT2D eigenvalue weighted by molar-refractivity contribution is -0.139. The van der Waals surface area contributed by atoms with Gasteiger partial charge in [0.1, 0.15) is 17.5 Å². The van der Waals surface area contributed by atoms with Crippen molar-refractivity contribution in [3.8, 4) is 17.6 Å². The molecule has 0 saturated carbocycles. The van der Waals surface area contributed by atoms with Crippen LogP contribution in [-0.4, -0.2) is 83.6 Å². The van der Waals surface area contributed by atoms with Crippen LogP contribution in [0.15, 0.2) is 59.5 Å². The number of nitrogens with one attached hydrogen (secondary N) is 1. The van der Waals surface area contributed by atoms with E-state index in [0.29, 0.717) is 42.7 Å².